The maximum Gasteiger partial charge on any atom is 0.218 e. The molecular formula is C3H9B3NS2. The van der Waals surface area contributed by atoms with E-state index in [9.17, 15) is 0 Å². The summed E-state index contributed by atoms with van der Waals surface area (Å²) in [4.78, 5) is 0. The van der Waals surface area contributed by atoms with Gasteiger partial charge < -0.3 is 5.64 Å². The lowest BCUT2D eigenvalue weighted by molar-refractivity contribution is 0.996. The normalized spacial score (nSPS) is 11.1. The van der Waals surface area contributed by atoms with E-state index < -0.39 is 0 Å². The molecular weight excluding hydrogens is 147 g/mol. The molecule has 3 radical (unpaired) electrons. The summed E-state index contributed by atoms with van der Waals surface area (Å²) in [7, 11) is 7.02. The van der Waals surface area contributed by atoms with Crippen LogP contribution in [0.15, 0.2) is 0 Å². The van der Waals surface area contributed by atoms with Crippen LogP contribution in [0.25, 0.3) is 0 Å². The van der Waals surface area contributed by atoms with Crippen molar-refractivity contribution in [2.45, 2.75) is 18.5 Å². The first kappa shape index (κ1) is 9.85. The molecule has 0 saturated carbocycles. The number of rotatable bonds is 3. The van der Waals surface area contributed by atoms with Crippen molar-refractivity contribution < 1.29 is 0 Å². The smallest absolute Gasteiger partial charge is 0.218 e. The topological polar surface area (TPSA) is 26.0 Å². The second-order valence-electron chi connectivity index (χ2n) is 2.28. The molecule has 0 fully saturated rings. The Morgan fingerprint density at radius 3 is 2.33 bits per heavy atom. The van der Waals surface area contributed by atoms with Crippen LogP contribution < -0.4 is 5.64 Å². The monoisotopic (exact) mass is 156 g/mol. The van der Waals surface area contributed by atoms with Crippen LogP contribution in [0.1, 0.15) is 13.8 Å². The van der Waals surface area contributed by atoms with Crippen LogP contribution in [-0.2, 0) is 0 Å². The first-order valence-electron chi connectivity index (χ1n) is 2.65. The van der Waals surface area contributed by atoms with Crippen molar-refractivity contribution in [2.24, 2.45) is 5.64 Å². The van der Waals surface area contributed by atoms with Crippen molar-refractivity contribution >= 4 is 44.4 Å². The minimum absolute atomic E-state index is 0.0683. The highest BCUT2D eigenvalue weighted by atomic mass is 32.2. The van der Waals surface area contributed by atoms with Gasteiger partial charge in [-0.05, 0) is 4.65 Å². The zero-order chi connectivity index (χ0) is 7.49. The molecule has 0 aliphatic heterocycles. The van der Waals surface area contributed by atoms with E-state index in [-0.39, 0.29) is 9.81 Å². The van der Waals surface area contributed by atoms with Crippen LogP contribution in [-0.4, -0.2) is 25.0 Å². The summed E-state index contributed by atoms with van der Waals surface area (Å²) in [6, 6.07) is 0. The Morgan fingerprint density at radius 1 is 1.78 bits per heavy atom. The molecule has 1 nitrogen and oxygen atoms in total. The zero-order valence-electron chi connectivity index (χ0n) is 5.66. The molecule has 6 heteroatoms. The standard InChI is InChI=1S/C3H9B3NS2/c1-3(2,5-7)9-6(4)8/h8H,7H2,1-2H3. The van der Waals surface area contributed by atoms with E-state index in [1.165, 1.54) is 11.6 Å². The molecule has 0 aliphatic rings. The van der Waals surface area contributed by atoms with E-state index in [0.29, 0.717) is 0 Å². The van der Waals surface area contributed by atoms with Gasteiger partial charge in [-0.3, -0.25) is 0 Å². The average molecular weight is 156 g/mol. The van der Waals surface area contributed by atoms with Gasteiger partial charge in [0.15, 0.2) is 0 Å². The van der Waals surface area contributed by atoms with E-state index in [1.807, 2.05) is 13.8 Å². The van der Waals surface area contributed by atoms with Crippen LogP contribution >= 0.6 is 24.1 Å². The SMILES string of the molecule is [B]B(S)SC(C)(C)[B]N. The molecule has 0 heterocycles. The van der Waals surface area contributed by atoms with Crippen LogP contribution in [0.4, 0.5) is 0 Å². The van der Waals surface area contributed by atoms with Crippen LogP contribution in [0, 0.1) is 0 Å². The second kappa shape index (κ2) is 3.89. The fourth-order valence-corrected chi connectivity index (χ4v) is 1.87. The Kier molecular flexibility index (Phi) is 4.26. The molecule has 2 N–H and O–H groups in total. The minimum Gasteiger partial charge on any atom is -0.373 e. The number of nitrogens with two attached hydrogens (primary N) is 1. The first-order chi connectivity index (χ1) is 3.98. The highest BCUT2D eigenvalue weighted by molar-refractivity contribution is 8.53. The van der Waals surface area contributed by atoms with Gasteiger partial charge in [-0.2, -0.15) is 0 Å². The lowest BCUT2D eigenvalue weighted by Crippen LogP contribution is -2.33. The van der Waals surface area contributed by atoms with Gasteiger partial charge in [0.05, 0.1) is 7.74 Å². The van der Waals surface area contributed by atoms with Gasteiger partial charge in [-0.1, -0.05) is 13.8 Å². The van der Waals surface area contributed by atoms with Gasteiger partial charge in [0.25, 0.3) is 0 Å². The number of hydrogen-bond donors (Lipinski definition) is 2. The zero-order valence-corrected chi connectivity index (χ0v) is 7.38. The van der Waals surface area contributed by atoms with E-state index in [0.717, 1.165) is 0 Å². The second-order valence-corrected chi connectivity index (χ2v) is 4.98. The summed E-state index contributed by atoms with van der Waals surface area (Å²) < 4.78 is -0.0683. The third-order valence-corrected chi connectivity index (χ3v) is 2.13. The summed E-state index contributed by atoms with van der Waals surface area (Å²) in [6.07, 6.45) is 0. The molecule has 0 rings (SSSR count). The highest BCUT2D eigenvalue weighted by Gasteiger charge is 2.19. The van der Waals surface area contributed by atoms with Gasteiger partial charge >= 0.3 is 0 Å². The van der Waals surface area contributed by atoms with Crippen molar-refractivity contribution in [3.05, 3.63) is 0 Å². The highest BCUT2D eigenvalue weighted by Crippen LogP contribution is 2.24. The maximum atomic E-state index is 5.41. The van der Waals surface area contributed by atoms with E-state index in [2.05, 4.69) is 12.5 Å². The third kappa shape index (κ3) is 5.31. The molecule has 0 atom stereocenters. The lowest BCUT2D eigenvalue weighted by atomic mass is 9.76. The third-order valence-electron chi connectivity index (χ3n) is 0.826. The van der Waals surface area contributed by atoms with E-state index in [4.69, 9.17) is 13.4 Å². The molecule has 9 heavy (non-hydrogen) atoms. The fourth-order valence-electron chi connectivity index (χ4n) is 0.350. The van der Waals surface area contributed by atoms with Crippen LogP contribution in [0.5, 0.6) is 0 Å². The van der Waals surface area contributed by atoms with Gasteiger partial charge in [0, 0.05) is 0 Å². The van der Waals surface area contributed by atoms with Gasteiger partial charge in [-0.15, -0.1) is 0 Å². The maximum absolute atomic E-state index is 5.41. The molecule has 0 aromatic rings. The predicted octanol–water partition coefficient (Wildman–Crippen LogP) is 0.117. The van der Waals surface area contributed by atoms with Gasteiger partial charge in [0.2, 0.25) is 12.6 Å². The summed E-state index contributed by atoms with van der Waals surface area (Å²) in [6.45, 7) is 3.99. The van der Waals surface area contributed by atoms with Crippen LogP contribution in [0.3, 0.4) is 0 Å². The Bertz CT molecular complexity index is 87.1. The molecule has 47 valence electrons. The Morgan fingerprint density at radius 2 is 2.22 bits per heavy atom. The summed E-state index contributed by atoms with van der Waals surface area (Å²) in [5, 5.41) is -0.153. The van der Waals surface area contributed by atoms with Crippen molar-refractivity contribution in [3.63, 3.8) is 0 Å². The Balaban J connectivity index is 3.58. The minimum atomic E-state index is -0.153. The fraction of sp³-hybridized carbons (Fsp3) is 1.00. The number of hydrogen-bond acceptors (Lipinski definition) is 3. The predicted molar refractivity (Wildman–Crippen MR) is 52.1 cm³/mol. The molecule has 0 spiro atoms. The number of thiol groups is 1. The Hall–Kier alpha value is 0.855. The summed E-state index contributed by atoms with van der Waals surface area (Å²) in [5.74, 6) is 0. The molecule has 0 amide bonds. The van der Waals surface area contributed by atoms with Gasteiger partial charge in [-0.25, -0.2) is 24.1 Å². The Labute approximate surface area is 68.9 Å². The lowest BCUT2D eigenvalue weighted by Gasteiger charge is -2.21. The van der Waals surface area contributed by atoms with Crippen molar-refractivity contribution in [1.29, 1.82) is 0 Å². The molecule has 0 aromatic carbocycles. The quantitative estimate of drug-likeness (QED) is 0.447. The van der Waals surface area contributed by atoms with Crippen molar-refractivity contribution in [2.75, 3.05) is 0 Å². The van der Waals surface area contributed by atoms with Gasteiger partial charge in [0.1, 0.15) is 0 Å². The molecule has 0 saturated heterocycles. The summed E-state index contributed by atoms with van der Waals surface area (Å²) in [5.41, 5.74) is 5.32. The van der Waals surface area contributed by atoms with Crippen molar-refractivity contribution in [1.82, 2.24) is 0 Å². The summed E-state index contributed by atoms with van der Waals surface area (Å²) >= 11 is 5.53. The van der Waals surface area contributed by atoms with E-state index in [1.54, 1.807) is 7.41 Å². The molecule has 0 bridgehead atoms. The van der Waals surface area contributed by atoms with Crippen LogP contribution in [0.2, 0.25) is 0 Å². The molecule has 0 aliphatic carbocycles. The van der Waals surface area contributed by atoms with E-state index >= 15 is 0 Å². The largest absolute Gasteiger partial charge is 0.373 e. The first-order valence-corrected chi connectivity index (χ1v) is 4.05. The van der Waals surface area contributed by atoms with Crippen molar-refractivity contribution in [3.8, 4) is 0 Å². The average Bonchev–Trinajstić information content (AvgIpc) is 1.63. The molecule has 0 aromatic heterocycles. The molecule has 0 unspecified atom stereocenters.